The first-order valence-electron chi connectivity index (χ1n) is 13.6. The molecule has 0 fully saturated rings. The van der Waals surface area contributed by atoms with Crippen LogP contribution >= 0.6 is 27.3 Å². The van der Waals surface area contributed by atoms with Crippen molar-refractivity contribution in [1.82, 2.24) is 20.3 Å². The Morgan fingerprint density at radius 3 is 2.61 bits per heavy atom. The fraction of sp³-hybridized carbons (Fsp3) is 0.226. The summed E-state index contributed by atoms with van der Waals surface area (Å²) in [5.41, 5.74) is 2.51. The summed E-state index contributed by atoms with van der Waals surface area (Å²) in [7, 11) is -2.37. The van der Waals surface area contributed by atoms with Crippen LogP contribution in [0.2, 0.25) is 0 Å². The summed E-state index contributed by atoms with van der Waals surface area (Å²) in [6.45, 7) is 5.90. The highest BCUT2D eigenvalue weighted by Gasteiger charge is 2.18. The van der Waals surface area contributed by atoms with Crippen molar-refractivity contribution in [3.8, 4) is 17.0 Å². The monoisotopic (exact) mass is 699 g/mol. The average Bonchev–Trinajstić information content (AvgIpc) is 3.46. The third kappa shape index (κ3) is 7.65. The second-order valence-corrected chi connectivity index (χ2v) is 13.2. The van der Waals surface area contributed by atoms with Crippen LogP contribution in [0.5, 0.6) is 5.75 Å². The van der Waals surface area contributed by atoms with Crippen LogP contribution in [0, 0.1) is 17.6 Å². The standard InChI is InChI=1S/C31H28BrF2N5O3S2/c1-17(2)9-29(44(40)41)37-18(3)31-39-27(15-43-31)22-12-23-26(13-25(22)34)35-16-36-30(23)38-21-7-8-28(24(32)11-21)42-14-19-5-4-6-20(33)10-19/h4-8,10-13,15-18,37H,9,14H2,1-3H3,(H,35,36,38). The predicted octanol–water partition coefficient (Wildman–Crippen LogP) is 7.82. The first kappa shape index (κ1) is 31.6. The lowest BCUT2D eigenvalue weighted by molar-refractivity contribution is 0.303. The van der Waals surface area contributed by atoms with Gasteiger partial charge in [-0.3, -0.25) is 5.32 Å². The predicted molar refractivity (Wildman–Crippen MR) is 174 cm³/mol. The minimum atomic E-state index is -2.37. The van der Waals surface area contributed by atoms with Crippen molar-refractivity contribution in [2.75, 3.05) is 5.32 Å². The molecule has 0 spiro atoms. The van der Waals surface area contributed by atoms with Crippen LogP contribution < -0.4 is 15.4 Å². The maximum atomic E-state index is 15.3. The zero-order valence-electron chi connectivity index (χ0n) is 23.9. The number of ether oxygens (including phenoxy) is 1. The van der Waals surface area contributed by atoms with Gasteiger partial charge in [-0.2, -0.15) is 8.42 Å². The van der Waals surface area contributed by atoms with Crippen molar-refractivity contribution in [3.63, 3.8) is 0 Å². The molecule has 0 amide bonds. The molecule has 2 aromatic heterocycles. The molecule has 1 atom stereocenters. The van der Waals surface area contributed by atoms with E-state index in [1.54, 1.807) is 29.6 Å². The number of fused-ring (bicyclic) bond motifs is 1. The molecule has 5 rings (SSSR count). The Morgan fingerprint density at radius 2 is 1.89 bits per heavy atom. The first-order chi connectivity index (χ1) is 21.1. The van der Waals surface area contributed by atoms with Gasteiger partial charge in [0.15, 0.2) is 0 Å². The highest BCUT2D eigenvalue weighted by atomic mass is 79.9. The molecule has 8 nitrogen and oxygen atoms in total. The minimum absolute atomic E-state index is 0.158. The second-order valence-electron chi connectivity index (χ2n) is 10.5. The summed E-state index contributed by atoms with van der Waals surface area (Å²) >= 11 is 4.84. The summed E-state index contributed by atoms with van der Waals surface area (Å²) in [6, 6.07) is 14.2. The number of halogens is 3. The van der Waals surface area contributed by atoms with Crippen molar-refractivity contribution in [1.29, 1.82) is 0 Å². The van der Waals surface area contributed by atoms with Crippen LogP contribution in [0.15, 0.2) is 70.8 Å². The van der Waals surface area contributed by atoms with E-state index < -0.39 is 16.1 Å². The van der Waals surface area contributed by atoms with Crippen molar-refractivity contribution < 1.29 is 21.9 Å². The van der Waals surface area contributed by atoms with Crippen molar-refractivity contribution in [2.45, 2.75) is 39.8 Å². The number of nitrogens with one attached hydrogen (secondary N) is 2. The van der Waals surface area contributed by atoms with E-state index in [9.17, 15) is 12.8 Å². The summed E-state index contributed by atoms with van der Waals surface area (Å²) in [4.78, 5) is 13.5. The fourth-order valence-corrected chi connectivity index (χ4v) is 6.51. The smallest absolute Gasteiger partial charge is 0.228 e. The molecule has 228 valence electrons. The number of benzene rings is 3. The van der Waals surface area contributed by atoms with Gasteiger partial charge in [0.2, 0.25) is 10.3 Å². The van der Waals surface area contributed by atoms with Crippen LogP contribution in [0.25, 0.3) is 22.2 Å². The Hall–Kier alpha value is -3.78. The molecule has 13 heteroatoms. The van der Waals surface area contributed by atoms with Gasteiger partial charge in [0.25, 0.3) is 0 Å². The lowest BCUT2D eigenvalue weighted by Gasteiger charge is -2.13. The lowest BCUT2D eigenvalue weighted by Crippen LogP contribution is -2.28. The largest absolute Gasteiger partial charge is 0.488 e. The van der Waals surface area contributed by atoms with E-state index in [1.165, 1.54) is 35.9 Å². The maximum absolute atomic E-state index is 15.3. The molecule has 0 aliphatic rings. The Labute approximate surface area is 267 Å². The molecule has 1 unspecified atom stereocenters. The van der Waals surface area contributed by atoms with Crippen LogP contribution in [0.4, 0.5) is 20.3 Å². The third-order valence-corrected chi connectivity index (χ3v) is 8.88. The third-order valence-electron chi connectivity index (χ3n) is 6.54. The van der Waals surface area contributed by atoms with Gasteiger partial charge in [-0.05, 0) is 77.2 Å². The highest BCUT2D eigenvalue weighted by molar-refractivity contribution is 9.10. The number of hydrogen-bond acceptors (Lipinski definition) is 8. The Bertz CT molecular complexity index is 1960. The van der Waals surface area contributed by atoms with E-state index in [1.807, 2.05) is 32.9 Å². The van der Waals surface area contributed by atoms with Crippen LogP contribution in [-0.2, 0) is 16.9 Å². The van der Waals surface area contributed by atoms with Crippen molar-refractivity contribution in [3.05, 3.63) is 93.0 Å². The van der Waals surface area contributed by atoms with Gasteiger partial charge in [0.1, 0.15) is 46.1 Å². The van der Waals surface area contributed by atoms with Crippen LogP contribution in [0.3, 0.4) is 0 Å². The highest BCUT2D eigenvalue weighted by Crippen LogP contribution is 2.34. The Kier molecular flexibility index (Phi) is 9.99. The SMILES string of the molecule is CC(C)CC(NC(C)c1nc(-c2cc3c(Nc4ccc(OCc5cccc(F)c5)c(Br)c4)ncnc3cc2F)cs1)=S(=O)=O. The summed E-state index contributed by atoms with van der Waals surface area (Å²) in [5, 5.41) is 9.25. The average molecular weight is 701 g/mol. The molecule has 0 aliphatic carbocycles. The molecule has 0 radical (unpaired) electrons. The lowest BCUT2D eigenvalue weighted by atomic mass is 10.1. The molecule has 2 heterocycles. The van der Waals surface area contributed by atoms with E-state index in [0.717, 1.165) is 0 Å². The first-order valence-corrected chi connectivity index (χ1v) is 16.4. The molecule has 5 aromatic rings. The second kappa shape index (κ2) is 13.9. The molecule has 0 saturated carbocycles. The zero-order valence-corrected chi connectivity index (χ0v) is 27.2. The Morgan fingerprint density at radius 1 is 1.07 bits per heavy atom. The van der Waals surface area contributed by atoms with E-state index in [-0.39, 0.29) is 34.9 Å². The topological polar surface area (TPSA) is 106 Å². The fourth-order valence-electron chi connectivity index (χ4n) is 4.45. The van der Waals surface area contributed by atoms with Gasteiger partial charge in [-0.15, -0.1) is 11.3 Å². The quantitative estimate of drug-likeness (QED) is 0.142. The van der Waals surface area contributed by atoms with Gasteiger partial charge in [0, 0.05) is 28.1 Å². The molecular formula is C31H28BrF2N5O3S2. The molecule has 44 heavy (non-hydrogen) atoms. The molecule has 3 aromatic carbocycles. The number of anilines is 2. The molecule has 0 saturated heterocycles. The molecule has 0 aliphatic heterocycles. The number of nitrogens with zero attached hydrogens (tertiary/aromatic N) is 3. The number of rotatable bonds is 10. The summed E-state index contributed by atoms with van der Waals surface area (Å²) < 4.78 is 58.7. The maximum Gasteiger partial charge on any atom is 0.228 e. The number of hydrogen-bond donors (Lipinski definition) is 2. The van der Waals surface area contributed by atoms with Gasteiger partial charge in [-0.25, -0.2) is 23.7 Å². The normalized spacial score (nSPS) is 12.0. The van der Waals surface area contributed by atoms with Gasteiger partial charge >= 0.3 is 0 Å². The van der Waals surface area contributed by atoms with Gasteiger partial charge in [0.05, 0.1) is 21.7 Å². The van der Waals surface area contributed by atoms with E-state index in [4.69, 9.17) is 4.74 Å². The van der Waals surface area contributed by atoms with Crippen LogP contribution in [-0.4, -0.2) is 28.4 Å². The van der Waals surface area contributed by atoms with Crippen molar-refractivity contribution in [2.24, 2.45) is 5.92 Å². The zero-order chi connectivity index (χ0) is 31.4. The number of thiazole rings is 1. The Balaban J connectivity index is 1.37. The minimum Gasteiger partial charge on any atom is -0.488 e. The van der Waals surface area contributed by atoms with Crippen molar-refractivity contribution >= 4 is 65.0 Å². The van der Waals surface area contributed by atoms with Gasteiger partial charge in [-0.1, -0.05) is 26.0 Å². The molecule has 0 bridgehead atoms. The van der Waals surface area contributed by atoms with E-state index in [0.29, 0.717) is 55.3 Å². The van der Waals surface area contributed by atoms with E-state index in [2.05, 4.69) is 41.5 Å². The van der Waals surface area contributed by atoms with Gasteiger partial charge < -0.3 is 10.1 Å². The summed E-state index contributed by atoms with van der Waals surface area (Å²) in [5.74, 6) is 0.388. The summed E-state index contributed by atoms with van der Waals surface area (Å²) in [6.07, 6.45) is 1.74. The number of aromatic nitrogens is 3. The molecule has 2 N–H and O–H groups in total. The molecular weight excluding hydrogens is 672 g/mol. The van der Waals surface area contributed by atoms with Crippen LogP contribution in [0.1, 0.15) is 43.8 Å². The van der Waals surface area contributed by atoms with E-state index >= 15 is 4.39 Å².